The lowest BCUT2D eigenvalue weighted by Gasteiger charge is -2.15. The van der Waals surface area contributed by atoms with Gasteiger partial charge >= 0.3 is 0 Å². The number of benzene rings is 2. The number of rotatable bonds is 3. The number of halogens is 2. The predicted octanol–water partition coefficient (Wildman–Crippen LogP) is 4.49. The van der Waals surface area contributed by atoms with Gasteiger partial charge in [-0.3, -0.25) is 0 Å². The minimum Gasteiger partial charge on any atom is -0.309 e. The molecule has 0 spiro atoms. The quantitative estimate of drug-likeness (QED) is 0.749. The second-order valence-electron chi connectivity index (χ2n) is 4.57. The van der Waals surface area contributed by atoms with E-state index < -0.39 is 0 Å². The van der Waals surface area contributed by atoms with Gasteiger partial charge in [0, 0.05) is 15.1 Å². The van der Waals surface area contributed by atoms with Gasteiger partial charge in [-0.1, -0.05) is 24.3 Å². The molecule has 102 valence electrons. The Kier molecular flexibility index (Phi) is 3.51. The summed E-state index contributed by atoms with van der Waals surface area (Å²) < 4.78 is 28.1. The molecule has 0 radical (unpaired) electrons. The first-order valence-electron chi connectivity index (χ1n) is 6.29. The van der Waals surface area contributed by atoms with Crippen LogP contribution in [0.25, 0.3) is 10.1 Å². The van der Waals surface area contributed by atoms with Crippen molar-refractivity contribution >= 4 is 21.4 Å². The first kappa shape index (κ1) is 13.2. The SMILES string of the molecule is CNC(c1cc2ccc(F)cc2s1)c1ccccc1F. The Balaban J connectivity index is 2.10. The van der Waals surface area contributed by atoms with E-state index >= 15 is 0 Å². The minimum absolute atomic E-state index is 0.225. The monoisotopic (exact) mass is 289 g/mol. The Morgan fingerprint density at radius 3 is 2.60 bits per heavy atom. The van der Waals surface area contributed by atoms with E-state index in [1.54, 1.807) is 25.2 Å². The molecule has 1 aromatic heterocycles. The van der Waals surface area contributed by atoms with Crippen LogP contribution in [0.2, 0.25) is 0 Å². The molecular formula is C16H13F2NS. The Morgan fingerprint density at radius 2 is 1.85 bits per heavy atom. The maximum Gasteiger partial charge on any atom is 0.128 e. The highest BCUT2D eigenvalue weighted by Gasteiger charge is 2.18. The summed E-state index contributed by atoms with van der Waals surface area (Å²) in [5.74, 6) is -0.492. The molecule has 1 N–H and O–H groups in total. The zero-order valence-corrected chi connectivity index (χ0v) is 11.7. The number of nitrogens with one attached hydrogen (secondary N) is 1. The predicted molar refractivity (Wildman–Crippen MR) is 79.1 cm³/mol. The van der Waals surface area contributed by atoms with Crippen molar-refractivity contribution in [1.29, 1.82) is 0 Å². The molecule has 0 amide bonds. The van der Waals surface area contributed by atoms with Gasteiger partial charge in [0.2, 0.25) is 0 Å². The maximum absolute atomic E-state index is 13.9. The molecule has 3 aromatic rings. The summed E-state index contributed by atoms with van der Waals surface area (Å²) in [4.78, 5) is 0.971. The van der Waals surface area contributed by atoms with E-state index in [-0.39, 0.29) is 17.7 Å². The van der Waals surface area contributed by atoms with Gasteiger partial charge in [0.25, 0.3) is 0 Å². The van der Waals surface area contributed by atoms with Gasteiger partial charge in [0.1, 0.15) is 11.6 Å². The van der Waals surface area contributed by atoms with Crippen LogP contribution < -0.4 is 5.32 Å². The smallest absolute Gasteiger partial charge is 0.128 e. The van der Waals surface area contributed by atoms with Crippen molar-refractivity contribution in [1.82, 2.24) is 5.32 Å². The third kappa shape index (κ3) is 2.32. The van der Waals surface area contributed by atoms with Crippen LogP contribution in [0.15, 0.2) is 48.5 Å². The van der Waals surface area contributed by atoms with E-state index in [1.165, 1.54) is 29.5 Å². The normalized spacial score (nSPS) is 12.8. The summed E-state index contributed by atoms with van der Waals surface area (Å²) in [6, 6.07) is 13.2. The van der Waals surface area contributed by atoms with Crippen molar-refractivity contribution in [3.05, 3.63) is 70.6 Å². The van der Waals surface area contributed by atoms with Crippen molar-refractivity contribution in [3.63, 3.8) is 0 Å². The maximum atomic E-state index is 13.9. The van der Waals surface area contributed by atoms with E-state index in [9.17, 15) is 8.78 Å². The summed E-state index contributed by atoms with van der Waals surface area (Å²) in [6.07, 6.45) is 0. The third-order valence-corrected chi connectivity index (χ3v) is 4.45. The standard InChI is InChI=1S/C16H13F2NS/c1-19-16(12-4-2-3-5-13(12)18)15-8-10-6-7-11(17)9-14(10)20-15/h2-9,16,19H,1H3. The van der Waals surface area contributed by atoms with E-state index in [0.29, 0.717) is 5.56 Å². The molecule has 1 nitrogen and oxygen atoms in total. The van der Waals surface area contributed by atoms with Crippen LogP contribution in [0.1, 0.15) is 16.5 Å². The Bertz CT molecular complexity index is 751. The first-order chi connectivity index (χ1) is 9.69. The highest BCUT2D eigenvalue weighted by Crippen LogP contribution is 2.34. The average Bonchev–Trinajstić information content (AvgIpc) is 2.84. The van der Waals surface area contributed by atoms with Gasteiger partial charge in [-0.25, -0.2) is 8.78 Å². The molecule has 0 aliphatic heterocycles. The second-order valence-corrected chi connectivity index (χ2v) is 5.69. The molecular weight excluding hydrogens is 276 g/mol. The molecule has 3 rings (SSSR count). The van der Waals surface area contributed by atoms with Gasteiger partial charge in [0.05, 0.1) is 6.04 Å². The van der Waals surface area contributed by atoms with E-state index in [1.807, 2.05) is 12.1 Å². The molecule has 2 aromatic carbocycles. The zero-order valence-electron chi connectivity index (χ0n) is 10.9. The van der Waals surface area contributed by atoms with Crippen molar-refractivity contribution < 1.29 is 8.78 Å². The lowest BCUT2D eigenvalue weighted by Crippen LogP contribution is -2.17. The minimum atomic E-state index is -0.252. The first-order valence-corrected chi connectivity index (χ1v) is 7.11. The van der Waals surface area contributed by atoms with Crippen LogP contribution in [-0.4, -0.2) is 7.05 Å². The van der Waals surface area contributed by atoms with Crippen molar-refractivity contribution in [3.8, 4) is 0 Å². The topological polar surface area (TPSA) is 12.0 Å². The van der Waals surface area contributed by atoms with Crippen molar-refractivity contribution in [2.75, 3.05) is 7.05 Å². The lowest BCUT2D eigenvalue weighted by atomic mass is 10.0. The van der Waals surface area contributed by atoms with Crippen LogP contribution in [0.5, 0.6) is 0 Å². The van der Waals surface area contributed by atoms with Crippen LogP contribution in [0.4, 0.5) is 8.78 Å². The van der Waals surface area contributed by atoms with Gasteiger partial charge in [-0.05, 0) is 36.7 Å². The molecule has 4 heteroatoms. The van der Waals surface area contributed by atoms with Gasteiger partial charge in [-0.2, -0.15) is 0 Å². The van der Waals surface area contributed by atoms with E-state index in [0.717, 1.165) is 15.0 Å². The zero-order chi connectivity index (χ0) is 14.1. The number of thiophene rings is 1. The summed E-state index contributed by atoms with van der Waals surface area (Å²) in [5, 5.41) is 4.10. The average molecular weight is 289 g/mol. The molecule has 1 atom stereocenters. The summed E-state index contributed by atoms with van der Waals surface area (Å²) in [7, 11) is 1.79. The largest absolute Gasteiger partial charge is 0.309 e. The molecule has 0 aliphatic carbocycles. The molecule has 1 heterocycles. The fraction of sp³-hybridized carbons (Fsp3) is 0.125. The molecule has 0 bridgehead atoms. The van der Waals surface area contributed by atoms with Gasteiger partial charge < -0.3 is 5.32 Å². The Labute approximate surface area is 119 Å². The molecule has 0 fully saturated rings. The van der Waals surface area contributed by atoms with Crippen LogP contribution in [-0.2, 0) is 0 Å². The molecule has 0 aliphatic rings. The van der Waals surface area contributed by atoms with Crippen molar-refractivity contribution in [2.45, 2.75) is 6.04 Å². The van der Waals surface area contributed by atoms with Crippen molar-refractivity contribution in [2.24, 2.45) is 0 Å². The summed E-state index contributed by atoms with van der Waals surface area (Å²) in [6.45, 7) is 0. The number of hydrogen-bond donors (Lipinski definition) is 1. The molecule has 20 heavy (non-hydrogen) atoms. The van der Waals surface area contributed by atoms with Gasteiger partial charge in [-0.15, -0.1) is 11.3 Å². The fourth-order valence-corrected chi connectivity index (χ4v) is 3.55. The molecule has 0 saturated heterocycles. The lowest BCUT2D eigenvalue weighted by molar-refractivity contribution is 0.579. The number of fused-ring (bicyclic) bond motifs is 1. The van der Waals surface area contributed by atoms with E-state index in [2.05, 4.69) is 5.32 Å². The van der Waals surface area contributed by atoms with Crippen LogP contribution in [0, 0.1) is 11.6 Å². The van der Waals surface area contributed by atoms with E-state index in [4.69, 9.17) is 0 Å². The fourth-order valence-electron chi connectivity index (χ4n) is 2.33. The summed E-state index contributed by atoms with van der Waals surface area (Å²) in [5.41, 5.74) is 0.599. The highest BCUT2D eigenvalue weighted by molar-refractivity contribution is 7.19. The number of hydrogen-bond acceptors (Lipinski definition) is 2. The third-order valence-electron chi connectivity index (χ3n) is 3.29. The molecule has 0 saturated carbocycles. The second kappa shape index (κ2) is 5.31. The Morgan fingerprint density at radius 1 is 1.05 bits per heavy atom. The Hall–Kier alpha value is -1.78. The van der Waals surface area contributed by atoms with Crippen LogP contribution >= 0.6 is 11.3 Å². The highest BCUT2D eigenvalue weighted by atomic mass is 32.1. The van der Waals surface area contributed by atoms with Crippen LogP contribution in [0.3, 0.4) is 0 Å². The summed E-state index contributed by atoms with van der Waals surface area (Å²) >= 11 is 1.48. The van der Waals surface area contributed by atoms with Gasteiger partial charge in [0.15, 0.2) is 0 Å². The molecule has 1 unspecified atom stereocenters.